The second-order valence-electron chi connectivity index (χ2n) is 27.9. The average Bonchev–Trinajstić information content (AvgIpc) is 1.58. The molecule has 0 fully saturated rings. The average molecular weight is 1420 g/mol. The lowest BCUT2D eigenvalue weighted by Crippen LogP contribution is -2.42. The maximum Gasteiger partial charge on any atom is 0.295 e. The zero-order valence-corrected chi connectivity index (χ0v) is 63.7. The molecule has 0 aliphatic carbocycles. The van der Waals surface area contributed by atoms with Crippen LogP contribution in [0.15, 0.2) is 260 Å². The van der Waals surface area contributed by atoms with Gasteiger partial charge in [0.05, 0.1) is 42.4 Å². The number of pyridine rings is 2. The van der Waals surface area contributed by atoms with Crippen LogP contribution in [-0.4, -0.2) is 76.3 Å². The van der Waals surface area contributed by atoms with E-state index < -0.39 is 31.8 Å². The SMILES string of the molecule is Cc1ccccc1N1c2cccnc2N(C)[C@H]1C.Cc1ccccc1N1c2ncccc2N(C)[C@H]1C.Cc1ccccc1N1c2nccnc2N(C)[C@H]1C.[2H]C([2H])([2H])C([2H])(C)N1c2ccccc2N(c2c(C)ccc3c2oc2ccccc23)[C@@H]1C.[2H]C([2H])([2H])C([2H])(C)c1ccccc1-n1c(-c2ccccc2C)[n+](C)c2ccccc21. The van der Waals surface area contributed by atoms with Gasteiger partial charge >= 0.3 is 0 Å². The fourth-order valence-corrected chi connectivity index (χ4v) is 15.5. The molecule has 107 heavy (non-hydrogen) atoms. The fraction of sp³-hybridized carbons (Fsp3) is 0.250. The van der Waals surface area contributed by atoms with E-state index in [0.29, 0.717) is 11.3 Å². The van der Waals surface area contributed by atoms with Crippen molar-refractivity contribution in [2.45, 2.75) is 126 Å². The van der Waals surface area contributed by atoms with Gasteiger partial charge in [-0.3, -0.25) is 0 Å². The van der Waals surface area contributed by atoms with Crippen LogP contribution in [0.3, 0.4) is 0 Å². The van der Waals surface area contributed by atoms with Gasteiger partial charge in [-0.05, 0) is 195 Å². The van der Waals surface area contributed by atoms with E-state index >= 15 is 0 Å². The first-order valence-electron chi connectivity index (χ1n) is 40.5. The highest BCUT2D eigenvalue weighted by Gasteiger charge is 2.39. The Morgan fingerprint density at radius 1 is 0.402 bits per heavy atom. The molecule has 18 rings (SSSR count). The summed E-state index contributed by atoms with van der Waals surface area (Å²) < 4.78 is 76.1. The summed E-state index contributed by atoms with van der Waals surface area (Å²) in [4.78, 5) is 35.2. The molecule has 0 amide bonds. The van der Waals surface area contributed by atoms with Gasteiger partial charge in [0.1, 0.15) is 35.9 Å². The molecule has 0 saturated heterocycles. The van der Waals surface area contributed by atoms with Gasteiger partial charge in [-0.2, -0.15) is 4.57 Å². The predicted octanol–water partition coefficient (Wildman–Crippen LogP) is 21.5. The molecule has 542 valence electrons. The van der Waals surface area contributed by atoms with Crippen molar-refractivity contribution in [2.75, 3.05) is 60.3 Å². The minimum Gasteiger partial charge on any atom is -0.454 e. The minimum atomic E-state index is -2.48. The fourth-order valence-electron chi connectivity index (χ4n) is 15.5. The molecule has 9 heterocycles. The van der Waals surface area contributed by atoms with Gasteiger partial charge in [0, 0.05) is 94.9 Å². The molecule has 15 nitrogen and oxygen atoms in total. The molecule has 0 bridgehead atoms. The van der Waals surface area contributed by atoms with Crippen molar-refractivity contribution in [1.29, 1.82) is 0 Å². The lowest BCUT2D eigenvalue weighted by atomic mass is 10.0. The molecule has 0 radical (unpaired) electrons. The second-order valence-corrected chi connectivity index (χ2v) is 27.9. The Labute approximate surface area is 642 Å². The van der Waals surface area contributed by atoms with Crippen LogP contribution in [0.5, 0.6) is 0 Å². The van der Waals surface area contributed by atoms with Crippen molar-refractivity contribution in [1.82, 2.24) is 24.5 Å². The number of nitrogens with zero attached hydrogens (tertiary/aromatic N) is 14. The van der Waals surface area contributed by atoms with E-state index in [2.05, 4.69) is 248 Å². The number of para-hydroxylation sites is 9. The topological polar surface area (TPSA) is 99.4 Å². The third kappa shape index (κ3) is 13.2. The van der Waals surface area contributed by atoms with Crippen molar-refractivity contribution < 1.29 is 20.0 Å². The first-order chi connectivity index (χ1) is 54.9. The van der Waals surface area contributed by atoms with Gasteiger partial charge in [-0.25, -0.2) is 24.5 Å². The molecule has 0 spiro atoms. The third-order valence-corrected chi connectivity index (χ3v) is 21.3. The van der Waals surface area contributed by atoms with Crippen LogP contribution in [0, 0.1) is 34.6 Å². The molecule has 2 unspecified atom stereocenters. The van der Waals surface area contributed by atoms with Gasteiger partial charge in [0.2, 0.25) is 0 Å². The van der Waals surface area contributed by atoms with Crippen LogP contribution in [0.4, 0.5) is 68.8 Å². The molecular weight excluding hydrogens is 1320 g/mol. The quantitative estimate of drug-likeness (QED) is 0.135. The highest BCUT2D eigenvalue weighted by atomic mass is 16.3. The standard InChI is InChI=1S/C24H24N2O.C24H25N2.2C15H17N3.C14H16N4/c1-15(2)25-17(4)26(21-11-7-6-10-20(21)25)23-16(3)13-14-19-18-9-5-8-12-22(18)27-24(19)23;1-17(2)19-12-7-8-14-21(19)26-23-16-10-9-15-22(23)25(4)24(26)20-13-6-5-11-18(20)3;1-11-7-4-5-8-13(11)18-12(2)17(3)15-14(18)9-6-10-16-15;1-11-7-4-5-8-13(11)18-12(2)17(3)14-9-6-10-16-15(14)18;1-10-6-4-5-7-12(10)18-11(2)17(3)13-14(18)16-9-8-15-13/h5-15,17H,1-4H3;5-17H,1-4H3;2*4-10,12H,1-3H3;4-9,11H,1-3H3/q;+1;;;/t17-;;2*12-;11-/m1.111/s1/i1D3,15D;1D3,17D;;;/t15?,17-;;;;. The molecule has 0 N–H and O–H groups in total. The maximum atomic E-state index is 8.81. The summed E-state index contributed by atoms with van der Waals surface area (Å²) in [5, 5.41) is 2.06. The van der Waals surface area contributed by atoms with Crippen molar-refractivity contribution in [3.63, 3.8) is 0 Å². The lowest BCUT2D eigenvalue weighted by Gasteiger charge is -2.33. The summed E-state index contributed by atoms with van der Waals surface area (Å²) in [5.41, 5.74) is 20.3. The normalized spacial score (nSPS) is 18.5. The number of hydrogen-bond acceptors (Lipinski definition) is 13. The van der Waals surface area contributed by atoms with Crippen LogP contribution in [-0.2, 0) is 7.05 Å². The molecule has 4 aliphatic rings. The highest BCUT2D eigenvalue weighted by molar-refractivity contribution is 6.11. The molecule has 5 aromatic heterocycles. The summed E-state index contributed by atoms with van der Waals surface area (Å²) in [6, 6.07) is 75.1. The van der Waals surface area contributed by atoms with Gasteiger partial charge in [-0.1, -0.05) is 159 Å². The summed E-state index contributed by atoms with van der Waals surface area (Å²) in [5.74, 6) is 3.16. The van der Waals surface area contributed by atoms with Crippen LogP contribution in [0.25, 0.3) is 50.0 Å². The van der Waals surface area contributed by atoms with Gasteiger partial charge < -0.3 is 43.6 Å². The van der Waals surface area contributed by atoms with Gasteiger partial charge in [-0.15, -0.1) is 0 Å². The Bertz CT molecular complexity index is 5650. The van der Waals surface area contributed by atoms with Crippen molar-refractivity contribution in [3.05, 3.63) is 289 Å². The predicted molar refractivity (Wildman–Crippen MR) is 447 cm³/mol. The second kappa shape index (κ2) is 30.2. The Hall–Kier alpha value is -12.0. The van der Waals surface area contributed by atoms with Crippen LogP contribution < -0.4 is 43.8 Å². The third-order valence-electron chi connectivity index (χ3n) is 21.3. The number of hydrogen-bond donors (Lipinski definition) is 0. The Kier molecular flexibility index (Phi) is 17.6. The molecule has 0 saturated carbocycles. The maximum absolute atomic E-state index is 8.81. The molecule has 9 aromatic carbocycles. The van der Waals surface area contributed by atoms with E-state index in [1.807, 2.05) is 136 Å². The first-order valence-corrected chi connectivity index (χ1v) is 36.5. The molecule has 4 aliphatic heterocycles. The number of aryl methyl sites for hydroxylation is 6. The Morgan fingerprint density at radius 3 is 1.55 bits per heavy atom. The van der Waals surface area contributed by atoms with E-state index in [0.717, 1.165) is 95.8 Å². The zero-order valence-electron chi connectivity index (χ0n) is 71.7. The van der Waals surface area contributed by atoms with E-state index in [9.17, 15) is 0 Å². The van der Waals surface area contributed by atoms with E-state index in [1.54, 1.807) is 29.4 Å². The Morgan fingerprint density at radius 2 is 0.897 bits per heavy atom. The van der Waals surface area contributed by atoms with E-state index in [-0.39, 0.29) is 18.5 Å². The molecule has 14 aromatic rings. The highest BCUT2D eigenvalue weighted by Crippen LogP contribution is 2.50. The monoisotopic (exact) mass is 1420 g/mol. The summed E-state index contributed by atoms with van der Waals surface area (Å²) >= 11 is 0. The number of aromatic nitrogens is 6. The van der Waals surface area contributed by atoms with Gasteiger partial charge in [0.15, 0.2) is 39.9 Å². The van der Waals surface area contributed by atoms with Crippen molar-refractivity contribution in [2.24, 2.45) is 7.05 Å². The van der Waals surface area contributed by atoms with Crippen molar-refractivity contribution >= 4 is 102 Å². The molecule has 15 heteroatoms. The van der Waals surface area contributed by atoms with Crippen LogP contribution >= 0.6 is 0 Å². The number of fused-ring (bicyclic) bond motifs is 8. The summed E-state index contributed by atoms with van der Waals surface area (Å²) in [6.07, 6.45) is 7.60. The van der Waals surface area contributed by atoms with Crippen molar-refractivity contribution in [3.8, 4) is 17.1 Å². The zero-order chi connectivity index (χ0) is 81.9. The number of rotatable bonds is 8. The lowest BCUT2D eigenvalue weighted by molar-refractivity contribution is -0.633. The first kappa shape index (κ1) is 62.4. The van der Waals surface area contributed by atoms with E-state index in [4.69, 9.17) is 15.4 Å². The van der Waals surface area contributed by atoms with Crippen LogP contribution in [0.1, 0.15) is 105 Å². The number of anilines is 12. The van der Waals surface area contributed by atoms with Crippen LogP contribution in [0.2, 0.25) is 0 Å². The number of imidazole rings is 1. The largest absolute Gasteiger partial charge is 0.454 e. The Balaban J connectivity index is 0.000000121. The minimum absolute atomic E-state index is 0.225. The molecular formula is C92H99N14O+. The number of furan rings is 1. The number of benzene rings is 9. The van der Waals surface area contributed by atoms with E-state index in [1.165, 1.54) is 59.0 Å². The summed E-state index contributed by atoms with van der Waals surface area (Å²) in [6.45, 7) is 17.0. The van der Waals surface area contributed by atoms with Gasteiger partial charge in [0.25, 0.3) is 5.82 Å². The summed E-state index contributed by atoms with van der Waals surface area (Å²) in [7, 11) is 8.28. The smallest absolute Gasteiger partial charge is 0.295 e. The molecule has 6 atom stereocenters.